The molecule has 4 heteroatoms. The minimum Gasteiger partial charge on any atom is -0.441 e. The molecule has 0 saturated carbocycles. The van der Waals surface area contributed by atoms with E-state index in [9.17, 15) is 0 Å². The van der Waals surface area contributed by atoms with Crippen molar-refractivity contribution in [1.29, 1.82) is 0 Å². The van der Waals surface area contributed by atoms with Gasteiger partial charge < -0.3 is 9.73 Å². The highest BCUT2D eigenvalue weighted by Crippen LogP contribution is 2.29. The van der Waals surface area contributed by atoms with Crippen LogP contribution in [0.15, 0.2) is 33.3 Å². The van der Waals surface area contributed by atoms with Crippen LogP contribution in [0.5, 0.6) is 0 Å². The van der Waals surface area contributed by atoms with Gasteiger partial charge in [-0.3, -0.25) is 0 Å². The molecule has 0 radical (unpaired) electrons. The molecule has 0 bridgehead atoms. The maximum Gasteiger partial charge on any atom is 0.194 e. The molecule has 0 aliphatic rings. The maximum atomic E-state index is 5.85. The SMILES string of the molecule is CCCNCCCc1ncc(-c2cccc(Br)c2C)o1. The summed E-state index contributed by atoms with van der Waals surface area (Å²) in [6.45, 7) is 6.35. The number of aryl methyl sites for hydroxylation is 1. The van der Waals surface area contributed by atoms with Crippen LogP contribution < -0.4 is 5.32 Å². The molecule has 2 rings (SSSR count). The predicted octanol–water partition coefficient (Wildman–Crippen LogP) is 4.34. The Kier molecular flexibility index (Phi) is 5.80. The van der Waals surface area contributed by atoms with Gasteiger partial charge >= 0.3 is 0 Å². The number of aromatic nitrogens is 1. The van der Waals surface area contributed by atoms with Crippen molar-refractivity contribution in [2.45, 2.75) is 33.1 Å². The number of rotatable bonds is 7. The van der Waals surface area contributed by atoms with E-state index in [-0.39, 0.29) is 0 Å². The van der Waals surface area contributed by atoms with Gasteiger partial charge in [0.15, 0.2) is 11.7 Å². The van der Waals surface area contributed by atoms with Crippen molar-refractivity contribution >= 4 is 15.9 Å². The van der Waals surface area contributed by atoms with Crippen LogP contribution in [0.2, 0.25) is 0 Å². The van der Waals surface area contributed by atoms with Crippen molar-refractivity contribution in [3.63, 3.8) is 0 Å². The fraction of sp³-hybridized carbons (Fsp3) is 0.438. The van der Waals surface area contributed by atoms with Crippen molar-refractivity contribution in [3.05, 3.63) is 40.3 Å². The smallest absolute Gasteiger partial charge is 0.194 e. The molecule has 20 heavy (non-hydrogen) atoms. The zero-order chi connectivity index (χ0) is 14.4. The summed E-state index contributed by atoms with van der Waals surface area (Å²) in [6.07, 6.45) is 4.93. The fourth-order valence-electron chi connectivity index (χ4n) is 2.09. The minimum atomic E-state index is 0.817. The summed E-state index contributed by atoms with van der Waals surface area (Å²) in [7, 11) is 0. The van der Waals surface area contributed by atoms with E-state index in [4.69, 9.17) is 4.42 Å². The van der Waals surface area contributed by atoms with Gasteiger partial charge in [-0.2, -0.15) is 0 Å². The van der Waals surface area contributed by atoms with E-state index in [1.165, 1.54) is 12.0 Å². The van der Waals surface area contributed by atoms with Crippen LogP contribution >= 0.6 is 15.9 Å². The minimum absolute atomic E-state index is 0.817. The monoisotopic (exact) mass is 336 g/mol. The highest BCUT2D eigenvalue weighted by molar-refractivity contribution is 9.10. The van der Waals surface area contributed by atoms with Gasteiger partial charge in [-0.1, -0.05) is 35.0 Å². The molecule has 1 N–H and O–H groups in total. The third-order valence-electron chi connectivity index (χ3n) is 3.26. The number of hydrogen-bond acceptors (Lipinski definition) is 3. The average molecular weight is 337 g/mol. The van der Waals surface area contributed by atoms with Crippen LogP contribution in [0.1, 0.15) is 31.2 Å². The third kappa shape index (κ3) is 3.93. The maximum absolute atomic E-state index is 5.85. The Bertz CT molecular complexity index is 551. The van der Waals surface area contributed by atoms with Crippen molar-refractivity contribution in [2.24, 2.45) is 0 Å². The summed E-state index contributed by atoms with van der Waals surface area (Å²) in [5, 5.41) is 3.38. The van der Waals surface area contributed by atoms with Crippen molar-refractivity contribution in [1.82, 2.24) is 10.3 Å². The van der Waals surface area contributed by atoms with Crippen LogP contribution in [0, 0.1) is 6.92 Å². The van der Waals surface area contributed by atoms with Crippen LogP contribution in [-0.4, -0.2) is 18.1 Å². The molecule has 0 atom stereocenters. The second-order valence-corrected chi connectivity index (χ2v) is 5.74. The number of hydrogen-bond donors (Lipinski definition) is 1. The molecule has 0 aliphatic heterocycles. The highest BCUT2D eigenvalue weighted by Gasteiger charge is 2.10. The van der Waals surface area contributed by atoms with Crippen molar-refractivity contribution in [2.75, 3.05) is 13.1 Å². The van der Waals surface area contributed by atoms with Crippen molar-refractivity contribution in [3.8, 4) is 11.3 Å². The Morgan fingerprint density at radius 1 is 1.30 bits per heavy atom. The van der Waals surface area contributed by atoms with E-state index in [1.807, 2.05) is 18.3 Å². The first-order valence-electron chi connectivity index (χ1n) is 7.13. The van der Waals surface area contributed by atoms with E-state index in [1.54, 1.807) is 0 Å². The predicted molar refractivity (Wildman–Crippen MR) is 85.9 cm³/mol. The first-order valence-corrected chi connectivity index (χ1v) is 7.92. The average Bonchev–Trinajstić information content (AvgIpc) is 2.90. The van der Waals surface area contributed by atoms with Gasteiger partial charge in [0.1, 0.15) is 0 Å². The first-order chi connectivity index (χ1) is 9.72. The summed E-state index contributed by atoms with van der Waals surface area (Å²) in [6, 6.07) is 6.12. The molecular formula is C16H21BrN2O. The molecule has 0 fully saturated rings. The molecule has 0 saturated heterocycles. The number of nitrogens with zero attached hydrogens (tertiary/aromatic N) is 1. The van der Waals surface area contributed by atoms with Gasteiger partial charge in [0.2, 0.25) is 0 Å². The molecule has 1 aromatic carbocycles. The summed E-state index contributed by atoms with van der Waals surface area (Å²) in [5.41, 5.74) is 2.28. The number of benzene rings is 1. The van der Waals surface area contributed by atoms with Crippen LogP contribution in [-0.2, 0) is 6.42 Å². The summed E-state index contributed by atoms with van der Waals surface area (Å²) >= 11 is 3.55. The van der Waals surface area contributed by atoms with E-state index >= 15 is 0 Å². The lowest BCUT2D eigenvalue weighted by Crippen LogP contribution is -2.16. The molecule has 1 aromatic heterocycles. The highest BCUT2D eigenvalue weighted by atomic mass is 79.9. The Morgan fingerprint density at radius 2 is 2.15 bits per heavy atom. The van der Waals surface area contributed by atoms with Crippen molar-refractivity contribution < 1.29 is 4.42 Å². The molecule has 108 valence electrons. The van der Waals surface area contributed by atoms with E-state index in [2.05, 4.69) is 46.1 Å². The Balaban J connectivity index is 1.97. The quantitative estimate of drug-likeness (QED) is 0.764. The Hall–Kier alpha value is -1.13. The number of halogens is 1. The van der Waals surface area contributed by atoms with Gasteiger partial charge in [-0.25, -0.2) is 4.98 Å². The van der Waals surface area contributed by atoms with Gasteiger partial charge in [0.25, 0.3) is 0 Å². The molecule has 0 spiro atoms. The zero-order valence-corrected chi connectivity index (χ0v) is 13.7. The normalized spacial score (nSPS) is 10.9. The lowest BCUT2D eigenvalue weighted by atomic mass is 10.1. The van der Waals surface area contributed by atoms with Crippen LogP contribution in [0.4, 0.5) is 0 Å². The molecule has 0 aliphatic carbocycles. The molecule has 1 heterocycles. The number of nitrogens with one attached hydrogen (secondary N) is 1. The standard InChI is InChI=1S/C16H21BrN2O/c1-3-9-18-10-5-8-16-19-11-15(20-16)13-6-4-7-14(17)12(13)2/h4,6-7,11,18H,3,5,8-10H2,1-2H3. The lowest BCUT2D eigenvalue weighted by molar-refractivity contribution is 0.491. The Labute approximate surface area is 128 Å². The van der Waals surface area contributed by atoms with Crippen LogP contribution in [0.3, 0.4) is 0 Å². The van der Waals surface area contributed by atoms with E-state index in [0.29, 0.717) is 0 Å². The summed E-state index contributed by atoms with van der Waals surface area (Å²) in [4.78, 5) is 4.37. The lowest BCUT2D eigenvalue weighted by Gasteiger charge is -2.04. The molecule has 0 unspecified atom stereocenters. The fourth-order valence-corrected chi connectivity index (χ4v) is 2.46. The topological polar surface area (TPSA) is 38.1 Å². The molecular weight excluding hydrogens is 316 g/mol. The Morgan fingerprint density at radius 3 is 2.95 bits per heavy atom. The van der Waals surface area contributed by atoms with E-state index in [0.717, 1.165) is 47.6 Å². The molecule has 3 nitrogen and oxygen atoms in total. The van der Waals surface area contributed by atoms with Crippen LogP contribution in [0.25, 0.3) is 11.3 Å². The van der Waals surface area contributed by atoms with Gasteiger partial charge in [-0.05, 0) is 44.5 Å². The van der Waals surface area contributed by atoms with Gasteiger partial charge in [-0.15, -0.1) is 0 Å². The second-order valence-electron chi connectivity index (χ2n) is 4.88. The summed E-state index contributed by atoms with van der Waals surface area (Å²) < 4.78 is 6.95. The molecule has 2 aromatic rings. The largest absolute Gasteiger partial charge is 0.441 e. The molecule has 0 amide bonds. The van der Waals surface area contributed by atoms with Gasteiger partial charge in [0, 0.05) is 16.5 Å². The number of oxazole rings is 1. The third-order valence-corrected chi connectivity index (χ3v) is 4.12. The first kappa shape index (κ1) is 15.3. The second kappa shape index (κ2) is 7.60. The van der Waals surface area contributed by atoms with Gasteiger partial charge in [0.05, 0.1) is 6.20 Å². The van der Waals surface area contributed by atoms with E-state index < -0.39 is 0 Å². The zero-order valence-electron chi connectivity index (χ0n) is 12.1. The summed E-state index contributed by atoms with van der Waals surface area (Å²) in [5.74, 6) is 1.66.